The fourth-order valence-electron chi connectivity index (χ4n) is 4.69. The molecule has 1 fully saturated rings. The molecule has 3 heterocycles. The number of carbonyl (C=O) groups is 1. The summed E-state index contributed by atoms with van der Waals surface area (Å²) in [5.41, 5.74) is 9.88. The average molecular weight is 476 g/mol. The smallest absolute Gasteiger partial charge is 0.274 e. The second kappa shape index (κ2) is 8.95. The lowest BCUT2D eigenvalue weighted by atomic mass is 10.1. The number of hydrogen-bond acceptors (Lipinski definition) is 7. The van der Waals surface area contributed by atoms with Gasteiger partial charge in [-0.25, -0.2) is 14.4 Å². The van der Waals surface area contributed by atoms with E-state index in [2.05, 4.69) is 25.3 Å². The van der Waals surface area contributed by atoms with Crippen molar-refractivity contribution in [2.45, 2.75) is 19.4 Å². The summed E-state index contributed by atoms with van der Waals surface area (Å²) < 4.78 is 21.7. The Bertz CT molecular complexity index is 1440. The Kier molecular flexibility index (Phi) is 5.81. The number of hydrogen-bond donors (Lipinski definition) is 2. The number of halogens is 1. The van der Waals surface area contributed by atoms with E-state index in [1.165, 1.54) is 31.5 Å². The third-order valence-corrected chi connectivity index (χ3v) is 6.28. The van der Waals surface area contributed by atoms with Crippen molar-refractivity contribution in [3.8, 4) is 17.1 Å². The van der Waals surface area contributed by atoms with E-state index in [1.54, 1.807) is 6.07 Å². The molecule has 180 valence electrons. The van der Waals surface area contributed by atoms with E-state index in [1.807, 2.05) is 30.9 Å². The number of nitrogens with two attached hydrogens (primary N) is 1. The highest BCUT2D eigenvalue weighted by Gasteiger charge is 2.26. The van der Waals surface area contributed by atoms with Crippen LogP contribution in [0.25, 0.3) is 22.3 Å². The van der Waals surface area contributed by atoms with Crippen LogP contribution in [0.5, 0.6) is 5.75 Å². The second-order valence-corrected chi connectivity index (χ2v) is 8.65. The summed E-state index contributed by atoms with van der Waals surface area (Å²) in [4.78, 5) is 24.0. The van der Waals surface area contributed by atoms with Crippen LogP contribution in [0.15, 0.2) is 42.7 Å². The SMILES string of the molecule is COc1cccc(F)c1-c1nccc(C(=O)Nc2cc(C)c3c(cnn3C)c2N2CC[C@@H](N)C2)n1. The number of rotatable bonds is 5. The molecule has 0 spiro atoms. The highest BCUT2D eigenvalue weighted by molar-refractivity contribution is 6.09. The molecule has 1 atom stereocenters. The fourth-order valence-corrected chi connectivity index (χ4v) is 4.69. The van der Waals surface area contributed by atoms with Crippen molar-refractivity contribution in [1.29, 1.82) is 0 Å². The molecule has 0 aliphatic carbocycles. The largest absolute Gasteiger partial charge is 0.496 e. The van der Waals surface area contributed by atoms with E-state index < -0.39 is 11.7 Å². The van der Waals surface area contributed by atoms with Crippen LogP contribution in [-0.2, 0) is 7.05 Å². The summed E-state index contributed by atoms with van der Waals surface area (Å²) in [5.74, 6) is -0.617. The molecule has 0 radical (unpaired) electrons. The van der Waals surface area contributed by atoms with Gasteiger partial charge in [-0.1, -0.05) is 6.07 Å². The molecule has 4 aromatic rings. The van der Waals surface area contributed by atoms with Gasteiger partial charge in [-0.3, -0.25) is 9.48 Å². The maximum Gasteiger partial charge on any atom is 0.274 e. The molecule has 0 unspecified atom stereocenters. The van der Waals surface area contributed by atoms with Gasteiger partial charge in [-0.05, 0) is 43.2 Å². The summed E-state index contributed by atoms with van der Waals surface area (Å²) in [5, 5.41) is 8.38. The van der Waals surface area contributed by atoms with Gasteiger partial charge in [-0.15, -0.1) is 0 Å². The van der Waals surface area contributed by atoms with E-state index in [4.69, 9.17) is 10.5 Å². The minimum Gasteiger partial charge on any atom is -0.496 e. The third-order valence-electron chi connectivity index (χ3n) is 6.28. The number of benzene rings is 2. The maximum absolute atomic E-state index is 14.6. The maximum atomic E-state index is 14.6. The van der Waals surface area contributed by atoms with Gasteiger partial charge in [0.1, 0.15) is 17.3 Å². The molecule has 1 aliphatic rings. The van der Waals surface area contributed by atoms with Gasteiger partial charge >= 0.3 is 0 Å². The van der Waals surface area contributed by atoms with Crippen LogP contribution >= 0.6 is 0 Å². The molecular formula is C25H26FN7O2. The average Bonchev–Trinajstić information content (AvgIpc) is 3.45. The molecule has 2 aromatic carbocycles. The third kappa shape index (κ3) is 4.06. The standard InChI is InChI=1S/C25H26FN7O2/c1-14-11-19(23(33-10-8-15(27)13-33)16-12-29-32(2)22(14)16)31-25(34)18-7-9-28-24(30-18)21-17(26)5-4-6-20(21)35-3/h4-7,9,11-12,15H,8,10,13,27H2,1-3H3,(H,31,34)/t15-/m1/s1. The van der Waals surface area contributed by atoms with Crippen molar-refractivity contribution in [2.24, 2.45) is 12.8 Å². The summed E-state index contributed by atoms with van der Waals surface area (Å²) >= 11 is 0. The first-order valence-electron chi connectivity index (χ1n) is 11.3. The van der Waals surface area contributed by atoms with Crippen LogP contribution in [0.4, 0.5) is 15.8 Å². The topological polar surface area (TPSA) is 111 Å². The molecular weight excluding hydrogens is 449 g/mol. The number of nitrogens with zero attached hydrogens (tertiary/aromatic N) is 5. The molecule has 2 aromatic heterocycles. The number of ether oxygens (including phenoxy) is 1. The molecule has 35 heavy (non-hydrogen) atoms. The zero-order chi connectivity index (χ0) is 24.7. The zero-order valence-electron chi connectivity index (χ0n) is 19.7. The van der Waals surface area contributed by atoms with E-state index in [0.717, 1.165) is 35.1 Å². The van der Waals surface area contributed by atoms with E-state index in [-0.39, 0.29) is 28.9 Å². The summed E-state index contributed by atoms with van der Waals surface area (Å²) in [6, 6.07) is 7.94. The first-order valence-corrected chi connectivity index (χ1v) is 11.3. The van der Waals surface area contributed by atoms with Crippen molar-refractivity contribution in [3.05, 3.63) is 59.8 Å². The van der Waals surface area contributed by atoms with Crippen LogP contribution < -0.4 is 20.7 Å². The molecule has 1 aliphatic heterocycles. The van der Waals surface area contributed by atoms with Gasteiger partial charge in [0.25, 0.3) is 5.91 Å². The molecule has 1 saturated heterocycles. The number of aromatic nitrogens is 4. The zero-order valence-corrected chi connectivity index (χ0v) is 19.7. The van der Waals surface area contributed by atoms with Crippen molar-refractivity contribution in [2.75, 3.05) is 30.4 Å². The first kappa shape index (κ1) is 22.7. The van der Waals surface area contributed by atoms with Crippen LogP contribution in [0.1, 0.15) is 22.5 Å². The van der Waals surface area contributed by atoms with E-state index in [9.17, 15) is 9.18 Å². The number of aryl methyl sites for hydroxylation is 2. The number of methoxy groups -OCH3 is 1. The number of nitrogens with one attached hydrogen (secondary N) is 1. The Labute approximate surface area is 201 Å². The van der Waals surface area contributed by atoms with E-state index in [0.29, 0.717) is 12.2 Å². The minimum atomic E-state index is -0.535. The van der Waals surface area contributed by atoms with Gasteiger partial charge in [0.2, 0.25) is 0 Å². The Morgan fingerprint density at radius 3 is 2.89 bits per heavy atom. The number of amides is 1. The lowest BCUT2D eigenvalue weighted by Crippen LogP contribution is -2.27. The normalized spacial score (nSPS) is 15.6. The molecule has 5 rings (SSSR count). The monoisotopic (exact) mass is 475 g/mol. The summed E-state index contributed by atoms with van der Waals surface area (Å²) in [7, 11) is 3.34. The van der Waals surface area contributed by atoms with E-state index >= 15 is 0 Å². The van der Waals surface area contributed by atoms with Gasteiger partial charge < -0.3 is 20.7 Å². The Balaban J connectivity index is 1.54. The second-order valence-electron chi connectivity index (χ2n) is 8.65. The van der Waals surface area contributed by atoms with Crippen LogP contribution in [0.3, 0.4) is 0 Å². The lowest BCUT2D eigenvalue weighted by Gasteiger charge is -2.24. The van der Waals surface area contributed by atoms with Crippen molar-refractivity contribution >= 4 is 28.2 Å². The van der Waals surface area contributed by atoms with Crippen LogP contribution in [0.2, 0.25) is 0 Å². The number of carbonyl (C=O) groups excluding carboxylic acids is 1. The highest BCUT2D eigenvalue weighted by Crippen LogP contribution is 2.38. The predicted octanol–water partition coefficient (Wildman–Crippen LogP) is 3.28. The van der Waals surface area contributed by atoms with Gasteiger partial charge in [-0.2, -0.15) is 5.10 Å². The first-order chi connectivity index (χ1) is 16.9. The lowest BCUT2D eigenvalue weighted by molar-refractivity contribution is 0.102. The molecule has 1 amide bonds. The number of fused-ring (bicyclic) bond motifs is 1. The number of anilines is 2. The molecule has 9 nitrogen and oxygen atoms in total. The molecule has 3 N–H and O–H groups in total. The van der Waals surface area contributed by atoms with Crippen molar-refractivity contribution in [3.63, 3.8) is 0 Å². The van der Waals surface area contributed by atoms with Crippen molar-refractivity contribution < 1.29 is 13.9 Å². The Morgan fingerprint density at radius 1 is 1.31 bits per heavy atom. The highest BCUT2D eigenvalue weighted by atomic mass is 19.1. The van der Waals surface area contributed by atoms with Crippen LogP contribution in [-0.4, -0.2) is 51.9 Å². The molecule has 0 bridgehead atoms. The van der Waals surface area contributed by atoms with Gasteiger partial charge in [0.15, 0.2) is 5.82 Å². The Morgan fingerprint density at radius 2 is 2.14 bits per heavy atom. The Hall–Kier alpha value is -4.05. The van der Waals surface area contributed by atoms with Gasteiger partial charge in [0.05, 0.1) is 35.8 Å². The fraction of sp³-hybridized carbons (Fsp3) is 0.280. The summed E-state index contributed by atoms with van der Waals surface area (Å²) in [6.07, 6.45) is 4.10. The minimum absolute atomic E-state index is 0.0618. The predicted molar refractivity (Wildman–Crippen MR) is 132 cm³/mol. The molecule has 10 heteroatoms. The van der Waals surface area contributed by atoms with Crippen LogP contribution in [0, 0.1) is 12.7 Å². The molecule has 0 saturated carbocycles. The van der Waals surface area contributed by atoms with Crippen molar-refractivity contribution in [1.82, 2.24) is 19.7 Å². The van der Waals surface area contributed by atoms with Gasteiger partial charge in [0, 0.05) is 37.8 Å². The quantitative estimate of drug-likeness (QED) is 0.456. The summed E-state index contributed by atoms with van der Waals surface area (Å²) in [6.45, 7) is 3.44.